The fourth-order valence-electron chi connectivity index (χ4n) is 1.96. The topological polar surface area (TPSA) is 159 Å². The summed E-state index contributed by atoms with van der Waals surface area (Å²) in [4.78, 5) is 8.48. The van der Waals surface area contributed by atoms with E-state index in [9.17, 15) is 26.3 Å². The van der Waals surface area contributed by atoms with E-state index in [1.807, 2.05) is 60.7 Å². The van der Waals surface area contributed by atoms with Crippen molar-refractivity contribution >= 4 is 20.2 Å². The van der Waals surface area contributed by atoms with Crippen LogP contribution in [0.2, 0.25) is 0 Å². The van der Waals surface area contributed by atoms with E-state index in [2.05, 4.69) is 9.97 Å². The van der Waals surface area contributed by atoms with Crippen molar-refractivity contribution in [3.8, 4) is 11.5 Å². The third-order valence-corrected chi connectivity index (χ3v) is 4.75. The zero-order valence-corrected chi connectivity index (χ0v) is 21.7. The van der Waals surface area contributed by atoms with Gasteiger partial charge in [0.2, 0.25) is 0 Å². The summed E-state index contributed by atoms with van der Waals surface area (Å²) >= 11 is 0. The number of para-hydroxylation sites is 2. The number of alkyl halides is 6. The van der Waals surface area contributed by atoms with Crippen molar-refractivity contribution in [2.75, 3.05) is 0 Å². The molecule has 0 aliphatic rings. The van der Waals surface area contributed by atoms with Crippen LogP contribution in [0.3, 0.4) is 0 Å². The van der Waals surface area contributed by atoms with Crippen molar-refractivity contribution < 1.29 is 78.8 Å². The summed E-state index contributed by atoms with van der Waals surface area (Å²) in [7, 11) is -12.2. The van der Waals surface area contributed by atoms with Gasteiger partial charge in [0.15, 0.2) is 31.7 Å². The van der Waals surface area contributed by atoms with Crippen LogP contribution >= 0.6 is 0 Å². The first-order valence-corrected chi connectivity index (χ1v) is 12.4. The zero-order chi connectivity index (χ0) is 29.0. The van der Waals surface area contributed by atoms with Crippen LogP contribution in [0, 0.1) is 0 Å². The molecule has 19 heteroatoms. The molecule has 216 valence electrons. The van der Waals surface area contributed by atoms with Gasteiger partial charge in [-0.1, -0.05) is 24.3 Å². The molecule has 0 N–H and O–H groups in total. The van der Waals surface area contributed by atoms with Crippen LogP contribution < -0.4 is 9.47 Å². The summed E-state index contributed by atoms with van der Waals surface area (Å²) in [5.74, 6) is 1.40. The standard InChI is InChI=1S/C18H16N2O2.2CHF3O3S.Fe/c1-2-10-18(22-14-16-8-4-6-12-20-16)17(9-1)21-13-15-7-3-5-11-19-15;2*2-1(3,4)8(5,6)7;/h1-12H,13-14H2;2*(H,5,6,7);/q;;;+2/p-2. The molecule has 39 heavy (non-hydrogen) atoms. The van der Waals surface area contributed by atoms with Crippen LogP contribution in [-0.4, -0.2) is 46.9 Å². The normalized spacial score (nSPS) is 11.5. The second-order valence-corrected chi connectivity index (χ2v) is 9.21. The third-order valence-electron chi connectivity index (χ3n) is 3.62. The molecular weight excluding hydrogens is 630 g/mol. The van der Waals surface area contributed by atoms with Crippen LogP contribution in [0.15, 0.2) is 73.1 Å². The van der Waals surface area contributed by atoms with E-state index in [1.165, 1.54) is 0 Å². The Bertz CT molecular complexity index is 1240. The maximum absolute atomic E-state index is 10.7. The Balaban J connectivity index is 0.000000708. The maximum atomic E-state index is 10.7. The summed E-state index contributed by atoms with van der Waals surface area (Å²) in [6.45, 7) is 0.815. The molecule has 0 fully saturated rings. The molecule has 0 saturated carbocycles. The summed E-state index contributed by atoms with van der Waals surface area (Å²) < 4.78 is 129. The molecule has 0 radical (unpaired) electrons. The first-order valence-electron chi connectivity index (χ1n) is 9.60. The molecule has 1 aromatic carbocycles. The predicted octanol–water partition coefficient (Wildman–Crippen LogP) is 3.73. The smallest absolute Gasteiger partial charge is 0.741 e. The van der Waals surface area contributed by atoms with E-state index in [-0.39, 0.29) is 17.1 Å². The number of benzene rings is 1. The van der Waals surface area contributed by atoms with Crippen molar-refractivity contribution in [3.63, 3.8) is 0 Å². The van der Waals surface area contributed by atoms with Crippen LogP contribution in [-0.2, 0) is 50.5 Å². The third kappa shape index (κ3) is 14.1. The van der Waals surface area contributed by atoms with E-state index in [4.69, 9.17) is 35.4 Å². The van der Waals surface area contributed by atoms with Gasteiger partial charge in [0.05, 0.1) is 11.4 Å². The Morgan fingerprint density at radius 3 is 1.13 bits per heavy atom. The SMILES string of the molecule is O=S(=O)([O-])C(F)(F)F.O=S(=O)([O-])C(F)(F)F.[Fe+2].c1ccc(COc2ccccc2OCc2ccccn2)nc1. The Hall–Kier alpha value is -2.96. The molecule has 0 aliphatic heterocycles. The molecule has 10 nitrogen and oxygen atoms in total. The van der Waals surface area contributed by atoms with Gasteiger partial charge in [-0.15, -0.1) is 0 Å². The van der Waals surface area contributed by atoms with E-state index >= 15 is 0 Å². The summed E-state index contributed by atoms with van der Waals surface area (Å²) in [5, 5.41) is 0. The van der Waals surface area contributed by atoms with Gasteiger partial charge in [0.1, 0.15) is 13.2 Å². The molecular formula is C20H16F6FeN2O8S2. The molecule has 0 unspecified atom stereocenters. The second kappa shape index (κ2) is 15.6. The monoisotopic (exact) mass is 646 g/mol. The van der Waals surface area contributed by atoms with Crippen molar-refractivity contribution in [2.24, 2.45) is 0 Å². The number of pyridine rings is 2. The van der Waals surface area contributed by atoms with Gasteiger partial charge < -0.3 is 18.6 Å². The fourth-order valence-corrected chi connectivity index (χ4v) is 1.96. The number of aromatic nitrogens is 2. The Morgan fingerprint density at radius 2 is 0.897 bits per heavy atom. The zero-order valence-electron chi connectivity index (χ0n) is 18.9. The maximum Gasteiger partial charge on any atom is 2.00 e. The van der Waals surface area contributed by atoms with E-state index < -0.39 is 31.3 Å². The van der Waals surface area contributed by atoms with E-state index in [0.717, 1.165) is 11.4 Å². The number of nitrogens with zero attached hydrogens (tertiary/aromatic N) is 2. The molecule has 0 amide bonds. The van der Waals surface area contributed by atoms with Crippen molar-refractivity contribution in [2.45, 2.75) is 24.2 Å². The van der Waals surface area contributed by atoms with E-state index in [0.29, 0.717) is 24.7 Å². The van der Waals surface area contributed by atoms with Gasteiger partial charge >= 0.3 is 28.1 Å². The predicted molar refractivity (Wildman–Crippen MR) is 115 cm³/mol. The number of hydrogen-bond acceptors (Lipinski definition) is 10. The molecule has 3 rings (SSSR count). The number of ether oxygens (including phenoxy) is 2. The van der Waals surface area contributed by atoms with Gasteiger partial charge in [-0.05, 0) is 36.4 Å². The van der Waals surface area contributed by atoms with Gasteiger partial charge in [-0.25, -0.2) is 16.8 Å². The number of halogens is 6. The Labute approximate surface area is 229 Å². The van der Waals surface area contributed by atoms with Crippen LogP contribution in [0.5, 0.6) is 11.5 Å². The summed E-state index contributed by atoms with van der Waals surface area (Å²) in [6.07, 6.45) is 3.50. The quantitative estimate of drug-likeness (QED) is 0.167. The summed E-state index contributed by atoms with van der Waals surface area (Å²) in [6, 6.07) is 19.1. The molecule has 3 aromatic rings. The van der Waals surface area contributed by atoms with Crippen LogP contribution in [0.25, 0.3) is 0 Å². The first-order chi connectivity index (χ1) is 17.4. The van der Waals surface area contributed by atoms with Crippen molar-refractivity contribution in [1.29, 1.82) is 0 Å². The molecule has 0 aliphatic carbocycles. The molecule has 0 spiro atoms. The van der Waals surface area contributed by atoms with Gasteiger partial charge in [-0.2, -0.15) is 26.3 Å². The number of rotatable bonds is 6. The molecule has 0 bridgehead atoms. The van der Waals surface area contributed by atoms with E-state index in [1.54, 1.807) is 12.4 Å². The van der Waals surface area contributed by atoms with Crippen LogP contribution in [0.1, 0.15) is 11.4 Å². The molecule has 2 aromatic heterocycles. The summed E-state index contributed by atoms with van der Waals surface area (Å²) in [5.41, 5.74) is -9.54. The average Bonchev–Trinajstić information content (AvgIpc) is 2.81. The second-order valence-electron chi connectivity index (χ2n) is 6.47. The van der Waals surface area contributed by atoms with Gasteiger partial charge in [-0.3, -0.25) is 9.97 Å². The molecule has 0 atom stereocenters. The minimum Gasteiger partial charge on any atom is -0.741 e. The first kappa shape index (κ1) is 36.0. The average molecular weight is 646 g/mol. The minimum atomic E-state index is -6.09. The van der Waals surface area contributed by atoms with Crippen molar-refractivity contribution in [3.05, 3.63) is 84.4 Å². The fraction of sp³-hybridized carbons (Fsp3) is 0.200. The molecule has 0 saturated heterocycles. The number of hydrogen-bond donors (Lipinski definition) is 0. The van der Waals surface area contributed by atoms with Crippen molar-refractivity contribution in [1.82, 2.24) is 9.97 Å². The molecule has 2 heterocycles. The van der Waals surface area contributed by atoms with Crippen LogP contribution in [0.4, 0.5) is 26.3 Å². The Kier molecular flexibility index (Phi) is 14.4. The Morgan fingerprint density at radius 1 is 0.615 bits per heavy atom. The minimum absolute atomic E-state index is 0. The van der Waals surface area contributed by atoms with Gasteiger partial charge in [0, 0.05) is 12.4 Å². The largest absolute Gasteiger partial charge is 2.00 e. The van der Waals surface area contributed by atoms with Gasteiger partial charge in [0.25, 0.3) is 0 Å².